The molecule has 6 nitrogen and oxygen atoms in total. The van der Waals surface area contributed by atoms with Crippen LogP contribution in [0.2, 0.25) is 0 Å². The van der Waals surface area contributed by atoms with Gasteiger partial charge in [0.25, 0.3) is 0 Å². The van der Waals surface area contributed by atoms with Crippen LogP contribution in [0.3, 0.4) is 0 Å². The Labute approximate surface area is 134 Å². The minimum absolute atomic E-state index is 0.132. The maximum atomic E-state index is 12.6. The average molecular weight is 332 g/mol. The first kappa shape index (κ1) is 15.7. The number of nitrogens with one attached hydrogen (secondary N) is 1. The third-order valence-corrected chi connectivity index (χ3v) is 3.53. The zero-order valence-corrected chi connectivity index (χ0v) is 12.5. The Morgan fingerprint density at radius 2 is 1.92 bits per heavy atom. The molecule has 0 radical (unpaired) electrons. The smallest absolute Gasteiger partial charge is 0.324 e. The number of hydrogen-bond acceptors (Lipinski definition) is 4. The highest BCUT2D eigenvalue weighted by atomic mass is 19.4. The molecule has 3 rings (SSSR count). The van der Waals surface area contributed by atoms with Gasteiger partial charge in [0, 0.05) is 6.54 Å². The summed E-state index contributed by atoms with van der Waals surface area (Å²) in [4.78, 5) is 4.19. The minimum Gasteiger partial charge on any atom is -0.324 e. The van der Waals surface area contributed by atoms with Crippen LogP contribution >= 0.6 is 0 Å². The lowest BCUT2D eigenvalue weighted by molar-refractivity contribution is -0.137. The number of nitriles is 1. The number of alkyl halides is 3. The van der Waals surface area contributed by atoms with Crippen LogP contribution in [0.25, 0.3) is 11.4 Å². The van der Waals surface area contributed by atoms with Gasteiger partial charge in [-0.3, -0.25) is 0 Å². The molecule has 1 aromatic carbocycles. The summed E-state index contributed by atoms with van der Waals surface area (Å²) in [6.07, 6.45) is -2.81. The molecule has 0 spiro atoms. The van der Waals surface area contributed by atoms with Crippen molar-refractivity contribution >= 4 is 0 Å². The third-order valence-electron chi connectivity index (χ3n) is 3.53. The van der Waals surface area contributed by atoms with Crippen molar-refractivity contribution in [1.82, 2.24) is 25.0 Å². The number of aryl methyl sites for hydroxylation is 1. The van der Waals surface area contributed by atoms with Gasteiger partial charge in [0.1, 0.15) is 11.8 Å². The van der Waals surface area contributed by atoms with Gasteiger partial charge in [-0.25, -0.2) is 4.98 Å². The van der Waals surface area contributed by atoms with E-state index in [0.717, 1.165) is 12.1 Å². The second-order valence-electron chi connectivity index (χ2n) is 5.13. The average Bonchev–Trinajstić information content (AvgIpc) is 3.13. The van der Waals surface area contributed by atoms with Gasteiger partial charge >= 0.3 is 6.18 Å². The van der Waals surface area contributed by atoms with Crippen molar-refractivity contribution < 1.29 is 13.2 Å². The van der Waals surface area contributed by atoms with Crippen molar-refractivity contribution in [2.24, 2.45) is 0 Å². The van der Waals surface area contributed by atoms with Crippen molar-refractivity contribution in [3.63, 3.8) is 0 Å². The fraction of sp³-hybridized carbons (Fsp3) is 0.200. The highest BCUT2D eigenvalue weighted by Crippen LogP contribution is 2.29. The van der Waals surface area contributed by atoms with Crippen molar-refractivity contribution in [2.45, 2.75) is 19.6 Å². The summed E-state index contributed by atoms with van der Waals surface area (Å²) in [5.41, 5.74) is 1.71. The van der Waals surface area contributed by atoms with Crippen LogP contribution in [0.5, 0.6) is 0 Å². The van der Waals surface area contributed by atoms with E-state index in [1.165, 1.54) is 12.1 Å². The van der Waals surface area contributed by atoms with Crippen LogP contribution in [0.1, 0.15) is 22.5 Å². The molecule has 24 heavy (non-hydrogen) atoms. The number of imidazole rings is 1. The summed E-state index contributed by atoms with van der Waals surface area (Å²) < 4.78 is 39.6. The predicted molar refractivity (Wildman–Crippen MR) is 77.6 cm³/mol. The Hall–Kier alpha value is -3.15. The van der Waals surface area contributed by atoms with Crippen LogP contribution < -0.4 is 0 Å². The topological polar surface area (TPSA) is 83.2 Å². The van der Waals surface area contributed by atoms with Gasteiger partial charge in [-0.05, 0) is 24.6 Å². The van der Waals surface area contributed by atoms with Crippen LogP contribution in [-0.2, 0) is 12.7 Å². The van der Waals surface area contributed by atoms with E-state index in [1.807, 2.05) is 6.07 Å². The lowest BCUT2D eigenvalue weighted by Crippen LogP contribution is -2.06. The van der Waals surface area contributed by atoms with Gasteiger partial charge in [-0.1, -0.05) is 12.1 Å². The molecule has 0 atom stereocenters. The van der Waals surface area contributed by atoms with E-state index in [0.29, 0.717) is 29.2 Å². The first-order valence-corrected chi connectivity index (χ1v) is 6.89. The lowest BCUT2D eigenvalue weighted by atomic mass is 10.1. The van der Waals surface area contributed by atoms with Gasteiger partial charge in [0.15, 0.2) is 5.69 Å². The Bertz CT molecular complexity index is 899. The number of H-pyrrole nitrogens is 1. The maximum Gasteiger partial charge on any atom is 0.416 e. The third kappa shape index (κ3) is 2.86. The van der Waals surface area contributed by atoms with Gasteiger partial charge in [0.2, 0.25) is 0 Å². The fourth-order valence-corrected chi connectivity index (χ4v) is 2.38. The molecule has 3 aromatic rings. The summed E-state index contributed by atoms with van der Waals surface area (Å²) >= 11 is 0. The van der Waals surface area contributed by atoms with E-state index in [2.05, 4.69) is 20.4 Å². The normalized spacial score (nSPS) is 11.5. The molecule has 2 aromatic heterocycles. The zero-order valence-electron chi connectivity index (χ0n) is 12.5. The second kappa shape index (κ2) is 5.81. The first-order valence-electron chi connectivity index (χ1n) is 6.89. The number of hydrogen-bond donors (Lipinski definition) is 1. The molecule has 0 bridgehead atoms. The number of nitrogens with zero attached hydrogens (tertiary/aromatic N) is 5. The molecule has 122 valence electrons. The number of halogens is 3. The number of benzene rings is 1. The molecule has 0 unspecified atom stereocenters. The van der Waals surface area contributed by atoms with Gasteiger partial charge < -0.3 is 4.57 Å². The first-order chi connectivity index (χ1) is 11.4. The summed E-state index contributed by atoms with van der Waals surface area (Å²) in [5.74, 6) is 0. The van der Waals surface area contributed by atoms with Crippen LogP contribution in [-0.4, -0.2) is 25.0 Å². The molecule has 0 saturated carbocycles. The Morgan fingerprint density at radius 3 is 2.54 bits per heavy atom. The minimum atomic E-state index is -4.36. The highest BCUT2D eigenvalue weighted by Gasteiger charge is 2.30. The van der Waals surface area contributed by atoms with Crippen LogP contribution in [0.15, 0.2) is 30.6 Å². The molecular weight excluding hydrogens is 321 g/mol. The lowest BCUT2D eigenvalue weighted by Gasteiger charge is -2.10. The van der Waals surface area contributed by atoms with Gasteiger partial charge in [-0.15, -0.1) is 5.10 Å². The van der Waals surface area contributed by atoms with Crippen molar-refractivity contribution in [2.75, 3.05) is 0 Å². The van der Waals surface area contributed by atoms with E-state index in [1.54, 1.807) is 17.8 Å². The molecular formula is C15H11F3N6. The van der Waals surface area contributed by atoms with Crippen LogP contribution in [0, 0.1) is 18.3 Å². The van der Waals surface area contributed by atoms with Gasteiger partial charge in [0.05, 0.1) is 23.3 Å². The summed E-state index contributed by atoms with van der Waals surface area (Å²) in [5, 5.41) is 19.2. The zero-order chi connectivity index (χ0) is 17.3. The standard InChI is InChI=1S/C15H11F3N6/c1-9-14(13-12(6-19)21-23-22-13)24(8-20-9)7-10-2-4-11(5-3-10)15(16,17)18/h2-5,8H,7H2,1H3,(H,21,22,23). The van der Waals surface area contributed by atoms with Gasteiger partial charge in [-0.2, -0.15) is 28.7 Å². The molecule has 0 fully saturated rings. The summed E-state index contributed by atoms with van der Waals surface area (Å²) in [7, 11) is 0. The van der Waals surface area contributed by atoms with E-state index in [9.17, 15) is 13.2 Å². The van der Waals surface area contributed by atoms with Crippen LogP contribution in [0.4, 0.5) is 13.2 Å². The number of rotatable bonds is 3. The maximum absolute atomic E-state index is 12.6. The number of aromatic amines is 1. The second-order valence-corrected chi connectivity index (χ2v) is 5.13. The Balaban J connectivity index is 1.94. The molecule has 0 saturated heterocycles. The highest BCUT2D eigenvalue weighted by molar-refractivity contribution is 5.63. The molecule has 2 heterocycles. The molecule has 0 aliphatic heterocycles. The number of aromatic nitrogens is 5. The largest absolute Gasteiger partial charge is 0.416 e. The molecule has 0 aliphatic rings. The Kier molecular flexibility index (Phi) is 3.81. The van der Waals surface area contributed by atoms with Crippen molar-refractivity contribution in [3.8, 4) is 17.5 Å². The summed E-state index contributed by atoms with van der Waals surface area (Å²) in [6, 6.07) is 6.84. The molecule has 0 amide bonds. The van der Waals surface area contributed by atoms with E-state index in [4.69, 9.17) is 5.26 Å². The van der Waals surface area contributed by atoms with E-state index in [-0.39, 0.29) is 5.69 Å². The molecule has 0 aliphatic carbocycles. The SMILES string of the molecule is Cc1ncn(Cc2ccc(C(F)(F)F)cc2)c1-c1n[nH]nc1C#N. The molecule has 9 heteroatoms. The molecule has 1 N–H and O–H groups in total. The quantitative estimate of drug-likeness (QED) is 0.799. The Morgan fingerprint density at radius 1 is 1.21 bits per heavy atom. The van der Waals surface area contributed by atoms with E-state index < -0.39 is 11.7 Å². The van der Waals surface area contributed by atoms with Crippen molar-refractivity contribution in [3.05, 3.63) is 53.1 Å². The van der Waals surface area contributed by atoms with Crippen molar-refractivity contribution in [1.29, 1.82) is 5.26 Å². The van der Waals surface area contributed by atoms with E-state index >= 15 is 0 Å². The monoisotopic (exact) mass is 332 g/mol. The fourth-order valence-electron chi connectivity index (χ4n) is 2.38. The predicted octanol–water partition coefficient (Wildman–Crippen LogP) is 2.92. The summed E-state index contributed by atoms with van der Waals surface area (Å²) in [6.45, 7) is 2.06.